The highest BCUT2D eigenvalue weighted by molar-refractivity contribution is 6.31. The minimum Gasteiger partial charge on any atom is -0.397 e. The number of nitrogens with one attached hydrogen (secondary N) is 1. The minimum atomic E-state index is -0.536. The van der Waals surface area contributed by atoms with Gasteiger partial charge in [-0.25, -0.2) is 4.39 Å². The Morgan fingerprint density at radius 2 is 1.95 bits per heavy atom. The number of anilines is 3. The molecule has 106 valence electrons. The monoisotopic (exact) mass is 301 g/mol. The summed E-state index contributed by atoms with van der Waals surface area (Å²) in [6.07, 6.45) is 0. The topological polar surface area (TPSA) is 50.9 Å². The number of aryl methyl sites for hydroxylation is 1. The average molecular weight is 302 g/mol. The summed E-state index contributed by atoms with van der Waals surface area (Å²) in [6.45, 7) is 1.93. The van der Waals surface area contributed by atoms with Gasteiger partial charge in [-0.05, 0) is 25.1 Å². The zero-order valence-electron chi connectivity index (χ0n) is 11.3. The Balaban J connectivity index is 2.10. The van der Waals surface area contributed by atoms with E-state index in [4.69, 9.17) is 17.3 Å². The summed E-state index contributed by atoms with van der Waals surface area (Å²) < 4.78 is 13.4. The Hall–Kier alpha value is -2.33. The number of benzene rings is 2. The second-order valence-corrected chi connectivity index (χ2v) is 5.22. The summed E-state index contributed by atoms with van der Waals surface area (Å²) in [5.41, 5.74) is 9.22. The average Bonchev–Trinajstić information content (AvgIpc) is 2.45. The molecule has 0 aliphatic rings. The molecule has 0 radical (unpaired) electrons. The lowest BCUT2D eigenvalue weighted by atomic mass is 10.1. The molecule has 0 saturated heterocycles. The lowest BCUT2D eigenvalue weighted by Gasteiger charge is -2.12. The molecule has 3 nitrogen and oxygen atoms in total. The highest BCUT2D eigenvalue weighted by atomic mass is 35.5. The highest BCUT2D eigenvalue weighted by Crippen LogP contribution is 2.31. The van der Waals surface area contributed by atoms with Gasteiger partial charge in [0.15, 0.2) is 0 Å². The fourth-order valence-corrected chi connectivity index (χ4v) is 2.32. The molecule has 3 N–H and O–H groups in total. The molecular formula is C16H13ClFN3. The molecule has 3 aromatic rings. The largest absolute Gasteiger partial charge is 0.397 e. The van der Waals surface area contributed by atoms with Crippen LogP contribution in [0.4, 0.5) is 21.5 Å². The van der Waals surface area contributed by atoms with Crippen molar-refractivity contribution < 1.29 is 4.39 Å². The first kappa shape index (κ1) is 13.6. The summed E-state index contributed by atoms with van der Waals surface area (Å²) in [5.74, 6) is -0.536. The Bertz CT molecular complexity index is 833. The smallest absolute Gasteiger partial charge is 0.143 e. The van der Waals surface area contributed by atoms with E-state index in [1.54, 1.807) is 0 Å². The number of hydrogen-bond donors (Lipinski definition) is 2. The number of fused-ring (bicyclic) bond motifs is 1. The number of pyridine rings is 1. The molecule has 1 aromatic heterocycles. The Labute approximate surface area is 126 Å². The normalized spacial score (nSPS) is 10.8. The van der Waals surface area contributed by atoms with Crippen molar-refractivity contribution in [1.82, 2.24) is 4.98 Å². The first-order valence-electron chi connectivity index (χ1n) is 6.42. The molecule has 3 rings (SSSR count). The van der Waals surface area contributed by atoms with Crippen LogP contribution in [0.3, 0.4) is 0 Å². The van der Waals surface area contributed by atoms with Crippen LogP contribution in [0.1, 0.15) is 5.69 Å². The third-order valence-electron chi connectivity index (χ3n) is 3.22. The molecule has 0 aliphatic heterocycles. The van der Waals surface area contributed by atoms with Crippen LogP contribution in [0.2, 0.25) is 5.02 Å². The van der Waals surface area contributed by atoms with Crippen molar-refractivity contribution >= 4 is 39.6 Å². The maximum Gasteiger partial charge on any atom is 0.143 e. The molecule has 2 aromatic carbocycles. The second-order valence-electron chi connectivity index (χ2n) is 4.81. The second kappa shape index (κ2) is 5.22. The van der Waals surface area contributed by atoms with Crippen LogP contribution >= 0.6 is 11.6 Å². The molecule has 5 heteroatoms. The summed E-state index contributed by atoms with van der Waals surface area (Å²) in [4.78, 5) is 4.53. The van der Waals surface area contributed by atoms with Gasteiger partial charge in [0.1, 0.15) is 5.82 Å². The molecular weight excluding hydrogens is 289 g/mol. The number of hydrogen-bond acceptors (Lipinski definition) is 3. The van der Waals surface area contributed by atoms with Gasteiger partial charge in [-0.1, -0.05) is 29.8 Å². The number of aromatic nitrogens is 1. The van der Waals surface area contributed by atoms with Gasteiger partial charge < -0.3 is 11.1 Å². The Morgan fingerprint density at radius 3 is 2.76 bits per heavy atom. The maximum absolute atomic E-state index is 13.4. The Morgan fingerprint density at radius 1 is 1.14 bits per heavy atom. The fourth-order valence-electron chi connectivity index (χ4n) is 2.16. The van der Waals surface area contributed by atoms with Crippen molar-refractivity contribution in [1.29, 1.82) is 0 Å². The number of nitrogens with zero attached hydrogens (tertiary/aromatic N) is 1. The van der Waals surface area contributed by atoms with Crippen LogP contribution in [0.5, 0.6) is 0 Å². The predicted molar refractivity (Wildman–Crippen MR) is 85.6 cm³/mol. The SMILES string of the molecule is Cc1ccc2cccc(Nc3cc(Cl)c(F)cc3N)c2n1. The number of rotatable bonds is 2. The lowest BCUT2D eigenvalue weighted by molar-refractivity contribution is 0.629. The van der Waals surface area contributed by atoms with Crippen LogP contribution in [-0.2, 0) is 0 Å². The van der Waals surface area contributed by atoms with Crippen molar-refractivity contribution in [3.05, 3.63) is 59.0 Å². The van der Waals surface area contributed by atoms with Gasteiger partial charge in [-0.3, -0.25) is 4.98 Å². The quantitative estimate of drug-likeness (QED) is 0.677. The number of halogens is 2. The zero-order valence-corrected chi connectivity index (χ0v) is 12.1. The molecule has 0 atom stereocenters. The fraction of sp³-hybridized carbons (Fsp3) is 0.0625. The number of nitrogen functional groups attached to an aromatic ring is 1. The van der Waals surface area contributed by atoms with E-state index < -0.39 is 5.82 Å². The van der Waals surface area contributed by atoms with Crippen molar-refractivity contribution in [3.8, 4) is 0 Å². The van der Waals surface area contributed by atoms with E-state index in [1.807, 2.05) is 37.3 Å². The Kier molecular flexibility index (Phi) is 3.39. The van der Waals surface area contributed by atoms with E-state index in [0.717, 1.165) is 22.3 Å². The van der Waals surface area contributed by atoms with Gasteiger partial charge in [0.25, 0.3) is 0 Å². The van der Waals surface area contributed by atoms with Crippen molar-refractivity contribution in [3.63, 3.8) is 0 Å². The maximum atomic E-state index is 13.4. The number of para-hydroxylation sites is 1. The number of nitrogens with two attached hydrogens (primary N) is 1. The van der Waals surface area contributed by atoms with Crippen molar-refractivity contribution in [2.75, 3.05) is 11.1 Å². The molecule has 0 spiro atoms. The third kappa shape index (κ3) is 2.62. The molecule has 1 heterocycles. The molecule has 0 bridgehead atoms. The first-order valence-corrected chi connectivity index (χ1v) is 6.80. The zero-order chi connectivity index (χ0) is 15.0. The van der Waals surface area contributed by atoms with Crippen LogP contribution < -0.4 is 11.1 Å². The van der Waals surface area contributed by atoms with E-state index in [1.165, 1.54) is 12.1 Å². The van der Waals surface area contributed by atoms with Gasteiger partial charge in [0.2, 0.25) is 0 Å². The van der Waals surface area contributed by atoms with Crippen LogP contribution in [-0.4, -0.2) is 4.98 Å². The predicted octanol–water partition coefficient (Wildman–Crippen LogP) is 4.66. The minimum absolute atomic E-state index is 0.0241. The van der Waals surface area contributed by atoms with E-state index in [9.17, 15) is 4.39 Å². The molecule has 0 fully saturated rings. The summed E-state index contributed by atoms with van der Waals surface area (Å²) in [7, 11) is 0. The third-order valence-corrected chi connectivity index (χ3v) is 3.51. The molecule has 0 amide bonds. The molecule has 21 heavy (non-hydrogen) atoms. The van der Waals surface area contributed by atoms with Gasteiger partial charge in [0.05, 0.1) is 27.6 Å². The summed E-state index contributed by atoms with van der Waals surface area (Å²) >= 11 is 5.81. The van der Waals surface area contributed by atoms with E-state index in [0.29, 0.717) is 11.4 Å². The van der Waals surface area contributed by atoms with Crippen molar-refractivity contribution in [2.45, 2.75) is 6.92 Å². The summed E-state index contributed by atoms with van der Waals surface area (Å²) in [6, 6.07) is 12.4. The summed E-state index contributed by atoms with van der Waals surface area (Å²) in [5, 5.41) is 4.21. The van der Waals surface area contributed by atoms with Gasteiger partial charge >= 0.3 is 0 Å². The van der Waals surface area contributed by atoms with Crippen LogP contribution in [0.25, 0.3) is 10.9 Å². The first-order chi connectivity index (χ1) is 10.0. The highest BCUT2D eigenvalue weighted by Gasteiger charge is 2.09. The van der Waals surface area contributed by atoms with Crippen LogP contribution in [0.15, 0.2) is 42.5 Å². The molecule has 0 saturated carbocycles. The van der Waals surface area contributed by atoms with Gasteiger partial charge in [0, 0.05) is 17.1 Å². The van der Waals surface area contributed by atoms with Gasteiger partial charge in [-0.15, -0.1) is 0 Å². The molecule has 0 aliphatic carbocycles. The standard InChI is InChI=1S/C16H13ClFN3/c1-9-5-6-10-3-2-4-14(16(10)20-9)21-15-7-11(17)12(18)8-13(15)19/h2-8,21H,19H2,1H3. The van der Waals surface area contributed by atoms with E-state index in [-0.39, 0.29) is 5.02 Å². The lowest BCUT2D eigenvalue weighted by Crippen LogP contribution is -1.99. The molecule has 0 unspecified atom stereocenters. The van der Waals surface area contributed by atoms with Crippen LogP contribution in [0, 0.1) is 12.7 Å². The van der Waals surface area contributed by atoms with Gasteiger partial charge in [-0.2, -0.15) is 0 Å². The van der Waals surface area contributed by atoms with E-state index >= 15 is 0 Å². The van der Waals surface area contributed by atoms with Crippen molar-refractivity contribution in [2.24, 2.45) is 0 Å². The van der Waals surface area contributed by atoms with E-state index in [2.05, 4.69) is 10.3 Å².